The van der Waals surface area contributed by atoms with Crippen molar-refractivity contribution in [1.29, 1.82) is 0 Å². The normalized spacial score (nSPS) is 13.7. The van der Waals surface area contributed by atoms with E-state index in [1.807, 2.05) is 27.9 Å². The largest absolute Gasteiger partial charge is 0.392 e. The van der Waals surface area contributed by atoms with E-state index in [4.69, 9.17) is 0 Å². The third-order valence-electron chi connectivity index (χ3n) is 16.4. The Kier molecular flexibility index (Phi) is 57.5. The van der Waals surface area contributed by atoms with E-state index >= 15 is 0 Å². The number of unbranched alkanes of at least 4 members (excludes halogenated alkanes) is 31. The van der Waals surface area contributed by atoms with Gasteiger partial charge in [0, 0.05) is 69.6 Å². The van der Waals surface area contributed by atoms with Crippen molar-refractivity contribution >= 4 is 33.4 Å². The first-order valence-corrected chi connectivity index (χ1v) is 37.5. The van der Waals surface area contributed by atoms with Gasteiger partial charge in [-0.2, -0.15) is 0 Å². The van der Waals surface area contributed by atoms with E-state index in [9.17, 15) is 30.0 Å². The monoisotopic (exact) mass is 1190 g/mol. The Morgan fingerprint density at radius 1 is 0.451 bits per heavy atom. The first-order chi connectivity index (χ1) is 40.1. The zero-order valence-corrected chi connectivity index (χ0v) is 55.6. The van der Waals surface area contributed by atoms with Crippen LogP contribution in [0.5, 0.6) is 0 Å². The number of nitrogens with one attached hydrogen (secondary N) is 2. The molecule has 0 fully saturated rings. The zero-order chi connectivity index (χ0) is 59.6. The van der Waals surface area contributed by atoms with Crippen molar-refractivity contribution in [3.63, 3.8) is 0 Å². The third-order valence-corrected chi connectivity index (χ3v) is 19.0. The second-order valence-electron chi connectivity index (χ2n) is 24.7. The number of aliphatic hydroxyl groups excluding tert-OH is 4. The summed E-state index contributed by atoms with van der Waals surface area (Å²) in [6.45, 7) is 14.3. The molecule has 0 spiro atoms. The van der Waals surface area contributed by atoms with Crippen LogP contribution in [0.15, 0.2) is 18.7 Å². The van der Waals surface area contributed by atoms with E-state index in [-0.39, 0.29) is 24.0 Å². The fraction of sp³-hybridized carbons (Fsp3) is 0.926. The van der Waals surface area contributed by atoms with Gasteiger partial charge < -0.3 is 35.6 Å². The molecule has 5 unspecified atom stereocenters. The van der Waals surface area contributed by atoms with Crippen molar-refractivity contribution in [3.05, 3.63) is 18.7 Å². The number of aliphatic hydroxyl groups is 4. The smallest absolute Gasteiger partial charge is 0.242 e. The van der Waals surface area contributed by atoms with Crippen LogP contribution in [0.2, 0.25) is 0 Å². The summed E-state index contributed by atoms with van der Waals surface area (Å²) in [5, 5.41) is 50.7. The zero-order valence-electron chi connectivity index (χ0n) is 54.0. The average Bonchev–Trinajstić information content (AvgIpc) is 4.01. The van der Waals surface area contributed by atoms with Crippen molar-refractivity contribution in [1.82, 2.24) is 30.0 Å². The second-order valence-corrected chi connectivity index (χ2v) is 27.4. The summed E-state index contributed by atoms with van der Waals surface area (Å²) in [6, 6.07) is -0.605. The minimum Gasteiger partial charge on any atom is -0.392 e. The van der Waals surface area contributed by atoms with E-state index < -0.39 is 18.2 Å². The van der Waals surface area contributed by atoms with Gasteiger partial charge in [0.25, 0.3) is 0 Å². The van der Waals surface area contributed by atoms with Crippen LogP contribution in [0.1, 0.15) is 310 Å². The van der Waals surface area contributed by atoms with E-state index in [1.165, 1.54) is 167 Å². The molecule has 1 aromatic heterocycles. The van der Waals surface area contributed by atoms with Gasteiger partial charge in [-0.05, 0) is 83.7 Å². The molecule has 0 aliphatic carbocycles. The molecule has 1 rings (SSSR count). The number of nitrogens with zero attached hydrogens (tertiary/aromatic N) is 4. The molecule has 12 nitrogen and oxygen atoms in total. The lowest BCUT2D eigenvalue weighted by Crippen LogP contribution is -2.47. The Bertz CT molecular complexity index is 1430. The number of hydrogen-bond acceptors (Lipinski definition) is 11. The van der Waals surface area contributed by atoms with Crippen LogP contribution >= 0.6 is 21.6 Å². The van der Waals surface area contributed by atoms with E-state index in [0.717, 1.165) is 121 Å². The molecule has 82 heavy (non-hydrogen) atoms. The van der Waals surface area contributed by atoms with Crippen molar-refractivity contribution < 1.29 is 30.0 Å². The lowest BCUT2D eigenvalue weighted by molar-refractivity contribution is -0.129. The van der Waals surface area contributed by atoms with Crippen molar-refractivity contribution in [2.45, 2.75) is 347 Å². The minimum absolute atomic E-state index is 0.109. The van der Waals surface area contributed by atoms with E-state index in [2.05, 4.69) is 53.1 Å². The molecule has 5 atom stereocenters. The number of amides is 2. The molecule has 0 saturated carbocycles. The fourth-order valence-electron chi connectivity index (χ4n) is 11.2. The molecule has 0 bridgehead atoms. The number of rotatable bonds is 65. The van der Waals surface area contributed by atoms with Gasteiger partial charge >= 0.3 is 0 Å². The topological polar surface area (TPSA) is 163 Å². The van der Waals surface area contributed by atoms with Gasteiger partial charge in [0.05, 0.1) is 30.7 Å². The molecule has 0 aliphatic heterocycles. The van der Waals surface area contributed by atoms with Gasteiger partial charge in [-0.1, -0.05) is 255 Å². The van der Waals surface area contributed by atoms with Gasteiger partial charge in [0.2, 0.25) is 11.8 Å². The number of carbonyl (C=O) groups is 2. The Hall–Kier alpha value is -1.39. The lowest BCUT2D eigenvalue weighted by Gasteiger charge is -2.27. The van der Waals surface area contributed by atoms with Crippen LogP contribution in [0.4, 0.5) is 0 Å². The highest BCUT2D eigenvalue weighted by molar-refractivity contribution is 8.76. The molecular weight excluding hydrogens is 1060 g/mol. The van der Waals surface area contributed by atoms with Crippen LogP contribution in [0.3, 0.4) is 0 Å². The summed E-state index contributed by atoms with van der Waals surface area (Å²) >= 11 is 0. The van der Waals surface area contributed by atoms with Gasteiger partial charge in [-0.15, -0.1) is 0 Å². The predicted octanol–water partition coefficient (Wildman–Crippen LogP) is 16.2. The molecule has 0 radical (unpaired) electrons. The molecule has 484 valence electrons. The Balaban J connectivity index is 2.73. The number of aryl methyl sites for hydroxylation is 1. The Morgan fingerprint density at radius 2 is 0.829 bits per heavy atom. The highest BCUT2D eigenvalue weighted by Crippen LogP contribution is 2.25. The molecule has 0 aromatic carbocycles. The lowest BCUT2D eigenvalue weighted by atomic mass is 10.0. The quantitative estimate of drug-likeness (QED) is 0.0272. The van der Waals surface area contributed by atoms with Crippen LogP contribution in [-0.4, -0.2) is 139 Å². The minimum atomic E-state index is -0.605. The third kappa shape index (κ3) is 51.8. The van der Waals surface area contributed by atoms with Gasteiger partial charge in [-0.3, -0.25) is 19.4 Å². The Labute approximate surface area is 514 Å². The highest BCUT2D eigenvalue weighted by Gasteiger charge is 2.22. The molecule has 0 saturated heterocycles. The van der Waals surface area contributed by atoms with Crippen molar-refractivity contribution in [2.24, 2.45) is 0 Å². The number of hydrogen-bond donors (Lipinski definition) is 6. The van der Waals surface area contributed by atoms with Crippen LogP contribution in [0, 0.1) is 0 Å². The molecule has 1 aromatic rings. The Morgan fingerprint density at radius 3 is 1.22 bits per heavy atom. The van der Waals surface area contributed by atoms with Crippen LogP contribution in [0.25, 0.3) is 0 Å². The van der Waals surface area contributed by atoms with Gasteiger partial charge in [-0.25, -0.2) is 4.98 Å². The number of carbonyl (C=O) groups excluding carboxylic acids is 2. The summed E-state index contributed by atoms with van der Waals surface area (Å²) < 4.78 is 2.04. The average molecular weight is 1200 g/mol. The summed E-state index contributed by atoms with van der Waals surface area (Å²) in [4.78, 5) is 35.8. The molecule has 0 aliphatic rings. The number of aromatic nitrogens is 2. The van der Waals surface area contributed by atoms with Gasteiger partial charge in [0.15, 0.2) is 0 Å². The highest BCUT2D eigenvalue weighted by atomic mass is 33.1. The first-order valence-electron chi connectivity index (χ1n) is 35.1. The summed E-state index contributed by atoms with van der Waals surface area (Å²) in [5.74, 6) is 1.48. The molecule has 14 heteroatoms. The predicted molar refractivity (Wildman–Crippen MR) is 355 cm³/mol. The fourth-order valence-corrected chi connectivity index (χ4v) is 13.5. The maximum Gasteiger partial charge on any atom is 0.242 e. The van der Waals surface area contributed by atoms with E-state index in [0.29, 0.717) is 58.5 Å². The SMILES string of the molecule is CCCCCCCCCCCCC(O)CN(CCCCSSCCC(NC(=O)CCCCN(CC(O)CCCCCCCC)CC(O)CCCCCCCC)C(=O)NCCCCn1ccnc1)CC(O)CCCCCCCCCCCC. The van der Waals surface area contributed by atoms with Crippen molar-refractivity contribution in [3.8, 4) is 0 Å². The maximum atomic E-state index is 13.6. The standard InChI is InChI=1S/C68H134N6O6S2/c1-5-9-13-17-21-23-25-27-31-35-45-64(77)59-74(60-65(78)46-36-32-28-26-24-22-18-14-10-6-2)53-41-42-55-81-82-56-48-66(68(80)70-49-38-40-51-72-54-50-69-61-72)71-67(79)47-37-39-52-73(57-62(75)43-33-29-19-15-11-7-3)58-63(76)44-34-30-20-16-12-8-4/h50,54,61-66,75-78H,5-49,51-53,55-60H2,1-4H3,(H,70,80)(H,71,79). The molecule has 6 N–H and O–H groups in total. The maximum absolute atomic E-state index is 13.6. The van der Waals surface area contributed by atoms with Crippen molar-refractivity contribution in [2.75, 3.05) is 57.3 Å². The summed E-state index contributed by atoms with van der Waals surface area (Å²) in [6.07, 6.45) is 53.3. The summed E-state index contributed by atoms with van der Waals surface area (Å²) in [5.41, 5.74) is 0. The molecule has 2 amide bonds. The number of imidazole rings is 1. The summed E-state index contributed by atoms with van der Waals surface area (Å²) in [7, 11) is 3.59. The van der Waals surface area contributed by atoms with Gasteiger partial charge in [0.1, 0.15) is 6.04 Å². The second kappa shape index (κ2) is 59.9. The molecular formula is C68H134N6O6S2. The first kappa shape index (κ1) is 78.6. The van der Waals surface area contributed by atoms with Crippen LogP contribution < -0.4 is 10.6 Å². The molecule has 1 heterocycles. The van der Waals surface area contributed by atoms with Crippen LogP contribution in [-0.2, 0) is 16.1 Å². The van der Waals surface area contributed by atoms with E-state index in [1.54, 1.807) is 17.0 Å².